The van der Waals surface area contributed by atoms with E-state index in [0.717, 1.165) is 29.7 Å². The second kappa shape index (κ2) is 11.7. The van der Waals surface area contributed by atoms with Crippen LogP contribution in [0.2, 0.25) is 0 Å². The van der Waals surface area contributed by atoms with Crippen molar-refractivity contribution in [3.8, 4) is 17.1 Å². The van der Waals surface area contributed by atoms with Gasteiger partial charge in [0.2, 0.25) is 0 Å². The smallest absolute Gasteiger partial charge is 0.407 e. The summed E-state index contributed by atoms with van der Waals surface area (Å²) in [5.74, 6) is 1.42. The van der Waals surface area contributed by atoms with E-state index in [0.29, 0.717) is 17.9 Å². The Hall–Kier alpha value is -3.35. The highest BCUT2D eigenvalue weighted by molar-refractivity contribution is 5.91. The number of aromatic nitrogens is 2. The highest BCUT2D eigenvalue weighted by Gasteiger charge is 2.27. The Morgan fingerprint density at radius 3 is 2.45 bits per heavy atom. The summed E-state index contributed by atoms with van der Waals surface area (Å²) in [6, 6.07) is 14.8. The van der Waals surface area contributed by atoms with Crippen molar-refractivity contribution < 1.29 is 14.6 Å². The molecule has 1 atom stereocenters. The summed E-state index contributed by atoms with van der Waals surface area (Å²) in [7, 11) is 1.36. The minimum atomic E-state index is -0.427. The summed E-state index contributed by atoms with van der Waals surface area (Å²) in [5, 5.41) is 14.0. The molecule has 1 aliphatic rings. The number of carbonyl (C=O) groups is 1. The van der Waals surface area contributed by atoms with E-state index in [2.05, 4.69) is 15.2 Å². The van der Waals surface area contributed by atoms with Crippen molar-refractivity contribution in [1.29, 1.82) is 0 Å². The number of phenolic OH excluding ortho intramolecular Hbond substituents is 1. The zero-order chi connectivity index (χ0) is 22.8. The Kier molecular flexibility index (Phi) is 9.06. The second-order valence-corrected chi connectivity index (χ2v) is 6.47. The molecular weight excluding hydrogens is 392 g/mol. The van der Waals surface area contributed by atoms with Gasteiger partial charge in [0.15, 0.2) is 5.82 Å². The standard InChI is InChI=1S/C20H20N4O3.2C2H6/c1-27-20(26)21-13-10-11-24(12-13)19-14-6-2-4-8-16(14)22-18(23-19)15-7-3-5-9-17(15)25;2*1-2/h2-9,13,25H,10-12H2,1H3,(H,21,26);2*1-2H3/t13-;;/m0../s1. The molecule has 2 N–H and O–H groups in total. The molecule has 166 valence electrons. The number of fused-ring (bicyclic) bond motifs is 1. The van der Waals surface area contributed by atoms with Gasteiger partial charge in [-0.25, -0.2) is 14.8 Å². The average Bonchev–Trinajstić information content (AvgIpc) is 3.29. The van der Waals surface area contributed by atoms with E-state index in [1.54, 1.807) is 18.2 Å². The summed E-state index contributed by atoms with van der Waals surface area (Å²) >= 11 is 0. The quantitative estimate of drug-likeness (QED) is 0.616. The lowest BCUT2D eigenvalue weighted by atomic mass is 10.1. The van der Waals surface area contributed by atoms with Crippen molar-refractivity contribution in [2.24, 2.45) is 0 Å². The van der Waals surface area contributed by atoms with Gasteiger partial charge in [0.1, 0.15) is 11.6 Å². The first-order valence-electron chi connectivity index (χ1n) is 10.8. The van der Waals surface area contributed by atoms with Crippen LogP contribution in [0.15, 0.2) is 48.5 Å². The first kappa shape index (κ1) is 23.9. The summed E-state index contributed by atoms with van der Waals surface area (Å²) in [5.41, 5.74) is 1.40. The van der Waals surface area contributed by atoms with E-state index >= 15 is 0 Å². The molecule has 1 fully saturated rings. The molecule has 1 aliphatic heterocycles. The van der Waals surface area contributed by atoms with Crippen LogP contribution in [0.25, 0.3) is 22.3 Å². The SMILES string of the molecule is CC.CC.COC(=O)N[C@H]1CCN(c2nc(-c3ccccc3O)nc3ccccc23)C1. The number of para-hydroxylation sites is 2. The predicted molar refractivity (Wildman–Crippen MR) is 125 cm³/mol. The number of nitrogens with one attached hydrogen (secondary N) is 1. The number of ether oxygens (including phenoxy) is 1. The number of hydrogen-bond acceptors (Lipinski definition) is 6. The van der Waals surface area contributed by atoms with Gasteiger partial charge in [-0.05, 0) is 30.7 Å². The van der Waals surface area contributed by atoms with Crippen LogP contribution < -0.4 is 10.2 Å². The monoisotopic (exact) mass is 424 g/mol. The summed E-state index contributed by atoms with van der Waals surface area (Å²) in [6.07, 6.45) is 0.378. The highest BCUT2D eigenvalue weighted by atomic mass is 16.5. The van der Waals surface area contributed by atoms with Crippen LogP contribution in [-0.2, 0) is 4.74 Å². The van der Waals surface area contributed by atoms with E-state index in [9.17, 15) is 9.90 Å². The first-order chi connectivity index (χ1) is 15.2. The van der Waals surface area contributed by atoms with Crippen LogP contribution in [0.5, 0.6) is 5.75 Å². The lowest BCUT2D eigenvalue weighted by Crippen LogP contribution is -2.37. The van der Waals surface area contributed by atoms with Crippen molar-refractivity contribution in [3.63, 3.8) is 0 Å². The third-order valence-electron chi connectivity index (χ3n) is 4.72. The lowest BCUT2D eigenvalue weighted by Gasteiger charge is -2.20. The van der Waals surface area contributed by atoms with Gasteiger partial charge >= 0.3 is 6.09 Å². The van der Waals surface area contributed by atoms with E-state index in [4.69, 9.17) is 9.72 Å². The number of anilines is 1. The summed E-state index contributed by atoms with van der Waals surface area (Å²) in [6.45, 7) is 9.40. The van der Waals surface area contributed by atoms with Gasteiger partial charge in [-0.15, -0.1) is 0 Å². The number of amides is 1. The van der Waals surface area contributed by atoms with Gasteiger partial charge in [0.25, 0.3) is 0 Å². The van der Waals surface area contributed by atoms with Crippen molar-refractivity contribution in [3.05, 3.63) is 48.5 Å². The predicted octanol–water partition coefficient (Wildman–Crippen LogP) is 4.99. The van der Waals surface area contributed by atoms with E-state index in [1.165, 1.54) is 7.11 Å². The molecule has 3 aromatic rings. The number of nitrogens with zero attached hydrogens (tertiary/aromatic N) is 3. The van der Waals surface area contributed by atoms with Gasteiger partial charge in [0, 0.05) is 18.5 Å². The number of aromatic hydroxyl groups is 1. The molecule has 4 rings (SSSR count). The molecule has 0 radical (unpaired) electrons. The molecule has 1 amide bonds. The Bertz CT molecular complexity index is 993. The normalized spacial score (nSPS) is 14.7. The summed E-state index contributed by atoms with van der Waals surface area (Å²) in [4.78, 5) is 23.0. The fraction of sp³-hybridized carbons (Fsp3) is 0.375. The highest BCUT2D eigenvalue weighted by Crippen LogP contribution is 2.32. The molecule has 7 heteroatoms. The van der Waals surface area contributed by atoms with Gasteiger partial charge in [-0.1, -0.05) is 52.0 Å². The van der Waals surface area contributed by atoms with Crippen LogP contribution in [0, 0.1) is 0 Å². The molecule has 1 aromatic heterocycles. The third kappa shape index (κ3) is 5.63. The topological polar surface area (TPSA) is 87.6 Å². The third-order valence-corrected chi connectivity index (χ3v) is 4.72. The van der Waals surface area contributed by atoms with Gasteiger partial charge < -0.3 is 20.1 Å². The molecule has 7 nitrogen and oxygen atoms in total. The molecular formula is C24H32N4O3. The molecule has 0 saturated carbocycles. The van der Waals surface area contributed by atoms with Crippen molar-refractivity contribution in [1.82, 2.24) is 15.3 Å². The van der Waals surface area contributed by atoms with Crippen LogP contribution in [0.1, 0.15) is 34.1 Å². The zero-order valence-electron chi connectivity index (χ0n) is 18.9. The molecule has 0 unspecified atom stereocenters. The maximum absolute atomic E-state index is 11.5. The molecule has 0 bridgehead atoms. The van der Waals surface area contributed by atoms with Gasteiger partial charge in [-0.2, -0.15) is 0 Å². The van der Waals surface area contributed by atoms with E-state index in [1.807, 2.05) is 58.0 Å². The van der Waals surface area contributed by atoms with Crippen molar-refractivity contribution in [2.75, 3.05) is 25.1 Å². The first-order valence-corrected chi connectivity index (χ1v) is 10.8. The second-order valence-electron chi connectivity index (χ2n) is 6.47. The number of rotatable bonds is 3. The van der Waals surface area contributed by atoms with Crippen LogP contribution >= 0.6 is 0 Å². The number of phenols is 1. The minimum absolute atomic E-state index is 0.000226. The molecule has 0 spiro atoms. The number of alkyl carbamates (subject to hydrolysis) is 1. The Balaban J connectivity index is 0.000000807. The lowest BCUT2D eigenvalue weighted by molar-refractivity contribution is 0.167. The molecule has 0 aliphatic carbocycles. The van der Waals surface area contributed by atoms with Gasteiger partial charge in [-0.3, -0.25) is 0 Å². The maximum atomic E-state index is 11.5. The Morgan fingerprint density at radius 2 is 1.74 bits per heavy atom. The van der Waals surface area contributed by atoms with Crippen LogP contribution in [0.4, 0.5) is 10.6 Å². The minimum Gasteiger partial charge on any atom is -0.507 e. The number of benzene rings is 2. The number of carbonyl (C=O) groups excluding carboxylic acids is 1. The van der Waals surface area contributed by atoms with E-state index in [-0.39, 0.29) is 11.8 Å². The molecule has 31 heavy (non-hydrogen) atoms. The fourth-order valence-corrected chi connectivity index (χ4v) is 3.38. The number of methoxy groups -OCH3 is 1. The zero-order valence-corrected chi connectivity index (χ0v) is 18.9. The van der Waals surface area contributed by atoms with Crippen LogP contribution in [-0.4, -0.2) is 47.4 Å². The molecule has 2 aromatic carbocycles. The largest absolute Gasteiger partial charge is 0.507 e. The molecule has 2 heterocycles. The Labute approximate surface area is 184 Å². The Morgan fingerprint density at radius 1 is 1.06 bits per heavy atom. The van der Waals surface area contributed by atoms with Crippen molar-refractivity contribution in [2.45, 2.75) is 40.2 Å². The number of hydrogen-bond donors (Lipinski definition) is 2. The average molecular weight is 425 g/mol. The van der Waals surface area contributed by atoms with E-state index < -0.39 is 6.09 Å². The van der Waals surface area contributed by atoms with Gasteiger partial charge in [0.05, 0.1) is 24.2 Å². The van der Waals surface area contributed by atoms with Crippen molar-refractivity contribution >= 4 is 22.8 Å². The maximum Gasteiger partial charge on any atom is 0.407 e. The fourth-order valence-electron chi connectivity index (χ4n) is 3.38. The molecule has 1 saturated heterocycles. The van der Waals surface area contributed by atoms with Crippen LogP contribution in [0.3, 0.4) is 0 Å². The summed E-state index contributed by atoms with van der Waals surface area (Å²) < 4.78 is 4.69.